The number of carboxylic acid groups (broad SMARTS) is 2. The van der Waals surface area contributed by atoms with Gasteiger partial charge in [0.2, 0.25) is 0 Å². The van der Waals surface area contributed by atoms with Crippen LogP contribution >= 0.6 is 0 Å². The van der Waals surface area contributed by atoms with Gasteiger partial charge in [-0.1, -0.05) is 42.5 Å². The third-order valence-corrected chi connectivity index (χ3v) is 3.50. The molecule has 2 aromatic carbocycles. The van der Waals surface area contributed by atoms with Crippen LogP contribution in [0.4, 0.5) is 0 Å². The second-order valence-electron chi connectivity index (χ2n) is 5.10. The lowest BCUT2D eigenvalue weighted by Gasteiger charge is -2.15. The highest BCUT2D eigenvalue weighted by Gasteiger charge is 2.24. The molecule has 2 rings (SSSR count). The summed E-state index contributed by atoms with van der Waals surface area (Å²) in [5.41, 5.74) is 6.30. The highest BCUT2D eigenvalue weighted by atomic mass is 16.4. The maximum absolute atomic E-state index is 11.3. The van der Waals surface area contributed by atoms with Crippen molar-refractivity contribution in [3.8, 4) is 0 Å². The molecule has 21 heavy (non-hydrogen) atoms. The van der Waals surface area contributed by atoms with Crippen LogP contribution in [-0.2, 0) is 16.0 Å². The zero-order valence-corrected chi connectivity index (χ0v) is 11.4. The first-order valence-electron chi connectivity index (χ1n) is 6.66. The fourth-order valence-electron chi connectivity index (χ4n) is 2.33. The minimum Gasteiger partial charge on any atom is -0.481 e. The normalized spacial score (nSPS) is 13.8. The van der Waals surface area contributed by atoms with Gasteiger partial charge in [0.05, 0.1) is 5.92 Å². The minimum absolute atomic E-state index is 0.0858. The zero-order chi connectivity index (χ0) is 15.4. The van der Waals surface area contributed by atoms with Crippen LogP contribution < -0.4 is 5.73 Å². The number of nitrogens with two attached hydrogens (primary N) is 1. The molecule has 5 heteroatoms. The quantitative estimate of drug-likeness (QED) is 0.753. The van der Waals surface area contributed by atoms with Gasteiger partial charge in [-0.3, -0.25) is 9.59 Å². The first kappa shape index (κ1) is 15.0. The molecule has 0 aliphatic carbocycles. The minimum atomic E-state index is -1.18. The van der Waals surface area contributed by atoms with E-state index < -0.39 is 23.9 Å². The molecule has 0 radical (unpaired) electrons. The van der Waals surface area contributed by atoms with Crippen LogP contribution in [-0.4, -0.2) is 28.2 Å². The number of aliphatic carboxylic acids is 2. The van der Waals surface area contributed by atoms with Gasteiger partial charge in [0.25, 0.3) is 0 Å². The van der Waals surface area contributed by atoms with Crippen LogP contribution in [0.3, 0.4) is 0 Å². The molecule has 2 atom stereocenters. The Morgan fingerprint density at radius 1 is 1.00 bits per heavy atom. The van der Waals surface area contributed by atoms with Gasteiger partial charge in [-0.2, -0.15) is 0 Å². The Morgan fingerprint density at radius 2 is 1.67 bits per heavy atom. The molecule has 0 aliphatic rings. The summed E-state index contributed by atoms with van der Waals surface area (Å²) in [5.74, 6) is -3.02. The molecule has 0 spiro atoms. The van der Waals surface area contributed by atoms with E-state index in [4.69, 9.17) is 10.8 Å². The molecule has 1 unspecified atom stereocenters. The average Bonchev–Trinajstić information content (AvgIpc) is 2.46. The van der Waals surface area contributed by atoms with Crippen molar-refractivity contribution in [2.45, 2.75) is 18.9 Å². The molecule has 0 amide bonds. The van der Waals surface area contributed by atoms with Gasteiger partial charge in [0, 0.05) is 0 Å². The van der Waals surface area contributed by atoms with Crippen molar-refractivity contribution in [1.29, 1.82) is 0 Å². The van der Waals surface area contributed by atoms with Crippen molar-refractivity contribution in [2.75, 3.05) is 0 Å². The number of carboxylic acids is 2. The van der Waals surface area contributed by atoms with E-state index in [0.717, 1.165) is 16.3 Å². The molecule has 0 fully saturated rings. The molecule has 0 aliphatic heterocycles. The van der Waals surface area contributed by atoms with Crippen molar-refractivity contribution in [2.24, 2.45) is 11.7 Å². The smallest absolute Gasteiger partial charge is 0.320 e. The lowest BCUT2D eigenvalue weighted by Crippen LogP contribution is -2.35. The van der Waals surface area contributed by atoms with Gasteiger partial charge in [-0.25, -0.2) is 0 Å². The third-order valence-electron chi connectivity index (χ3n) is 3.50. The number of benzene rings is 2. The highest BCUT2D eigenvalue weighted by molar-refractivity contribution is 5.83. The molecular weight excluding hydrogens is 270 g/mol. The maximum atomic E-state index is 11.3. The Morgan fingerprint density at radius 3 is 2.29 bits per heavy atom. The third kappa shape index (κ3) is 3.79. The van der Waals surface area contributed by atoms with Crippen LogP contribution in [0.15, 0.2) is 42.5 Å². The van der Waals surface area contributed by atoms with Gasteiger partial charge in [-0.15, -0.1) is 0 Å². The Balaban J connectivity index is 2.18. The van der Waals surface area contributed by atoms with E-state index in [0.29, 0.717) is 0 Å². The fraction of sp³-hybridized carbons (Fsp3) is 0.250. The zero-order valence-electron chi connectivity index (χ0n) is 11.4. The molecule has 5 nitrogen and oxygen atoms in total. The molecule has 2 aromatic rings. The van der Waals surface area contributed by atoms with Gasteiger partial charge < -0.3 is 15.9 Å². The first-order valence-corrected chi connectivity index (χ1v) is 6.66. The number of fused-ring (bicyclic) bond motifs is 1. The maximum Gasteiger partial charge on any atom is 0.320 e. The van der Waals surface area contributed by atoms with Crippen molar-refractivity contribution >= 4 is 22.7 Å². The van der Waals surface area contributed by atoms with E-state index in [2.05, 4.69) is 0 Å². The first-order chi connectivity index (χ1) is 9.97. The Bertz CT molecular complexity index is 668. The summed E-state index contributed by atoms with van der Waals surface area (Å²) >= 11 is 0. The summed E-state index contributed by atoms with van der Waals surface area (Å²) in [4.78, 5) is 22.0. The Hall–Kier alpha value is -2.40. The number of hydrogen-bond acceptors (Lipinski definition) is 3. The molecule has 4 N–H and O–H groups in total. The second kappa shape index (κ2) is 6.37. The van der Waals surface area contributed by atoms with E-state index in [1.54, 1.807) is 0 Å². The summed E-state index contributed by atoms with van der Waals surface area (Å²) < 4.78 is 0. The van der Waals surface area contributed by atoms with Gasteiger partial charge >= 0.3 is 11.9 Å². The lowest BCUT2D eigenvalue weighted by molar-refractivity contribution is -0.143. The SMILES string of the molecule is N[C@H](CC(Cc1ccc2ccccc2c1)C(=O)O)C(=O)O. The summed E-state index contributed by atoms with van der Waals surface area (Å²) in [5, 5.41) is 20.1. The van der Waals surface area contributed by atoms with Gasteiger partial charge in [0.1, 0.15) is 6.04 Å². The molecule has 0 saturated heterocycles. The summed E-state index contributed by atoms with van der Waals surface area (Å²) in [7, 11) is 0. The van der Waals surface area contributed by atoms with E-state index in [9.17, 15) is 14.7 Å². The summed E-state index contributed by atoms with van der Waals surface area (Å²) in [6.45, 7) is 0. The number of rotatable bonds is 6. The van der Waals surface area contributed by atoms with Crippen LogP contribution in [0.25, 0.3) is 10.8 Å². The van der Waals surface area contributed by atoms with Crippen LogP contribution in [0.5, 0.6) is 0 Å². The standard InChI is InChI=1S/C16H17NO4/c17-14(16(20)21)9-13(15(18)19)8-10-5-6-11-3-1-2-4-12(11)7-10/h1-7,13-14H,8-9,17H2,(H,18,19)(H,20,21)/t13?,14-/m1/s1. The van der Waals surface area contributed by atoms with E-state index >= 15 is 0 Å². The molecule has 0 aromatic heterocycles. The van der Waals surface area contributed by atoms with Crippen LogP contribution in [0.2, 0.25) is 0 Å². The molecule has 0 bridgehead atoms. The van der Waals surface area contributed by atoms with Crippen LogP contribution in [0, 0.1) is 5.92 Å². The van der Waals surface area contributed by atoms with Gasteiger partial charge in [0.15, 0.2) is 0 Å². The summed E-state index contributed by atoms with van der Waals surface area (Å²) in [6, 6.07) is 12.4. The molecule has 110 valence electrons. The largest absolute Gasteiger partial charge is 0.481 e. The fourth-order valence-corrected chi connectivity index (χ4v) is 2.33. The molecular formula is C16H17NO4. The van der Waals surface area contributed by atoms with Crippen molar-refractivity contribution in [3.05, 3.63) is 48.0 Å². The Labute approximate surface area is 122 Å². The van der Waals surface area contributed by atoms with Crippen molar-refractivity contribution in [3.63, 3.8) is 0 Å². The average molecular weight is 287 g/mol. The number of carbonyl (C=O) groups is 2. The van der Waals surface area contributed by atoms with E-state index in [-0.39, 0.29) is 12.8 Å². The van der Waals surface area contributed by atoms with Crippen LogP contribution in [0.1, 0.15) is 12.0 Å². The monoisotopic (exact) mass is 287 g/mol. The predicted octanol–water partition coefficient (Wildman–Crippen LogP) is 1.89. The molecule has 0 saturated carbocycles. The summed E-state index contributed by atoms with van der Waals surface area (Å²) in [6.07, 6.45) is 0.179. The lowest BCUT2D eigenvalue weighted by atomic mass is 9.92. The van der Waals surface area contributed by atoms with E-state index in [1.807, 2.05) is 42.5 Å². The second-order valence-corrected chi connectivity index (χ2v) is 5.10. The topological polar surface area (TPSA) is 101 Å². The predicted molar refractivity (Wildman–Crippen MR) is 79.0 cm³/mol. The Kier molecular flexibility index (Phi) is 4.55. The van der Waals surface area contributed by atoms with Crippen molar-refractivity contribution in [1.82, 2.24) is 0 Å². The van der Waals surface area contributed by atoms with E-state index in [1.165, 1.54) is 0 Å². The number of hydrogen-bond donors (Lipinski definition) is 3. The highest BCUT2D eigenvalue weighted by Crippen LogP contribution is 2.20. The van der Waals surface area contributed by atoms with Crippen molar-refractivity contribution < 1.29 is 19.8 Å². The van der Waals surface area contributed by atoms with Gasteiger partial charge in [-0.05, 0) is 29.2 Å². The molecule has 0 heterocycles.